The normalized spacial score (nSPS) is 11.0. The average molecular weight is 339 g/mol. The minimum Gasteiger partial charge on any atom is -0.465 e. The van der Waals surface area contributed by atoms with Crippen molar-refractivity contribution >= 4 is 5.97 Å². The van der Waals surface area contributed by atoms with Gasteiger partial charge in [-0.1, -0.05) is 25.5 Å². The highest BCUT2D eigenvalue weighted by molar-refractivity contribution is 5.96. The zero-order valence-corrected chi connectivity index (χ0v) is 14.7. The van der Waals surface area contributed by atoms with Crippen molar-refractivity contribution in [3.05, 3.63) is 58.1 Å². The molecule has 1 aromatic carbocycles. The van der Waals surface area contributed by atoms with Crippen molar-refractivity contribution < 1.29 is 9.53 Å². The third-order valence-corrected chi connectivity index (χ3v) is 4.14. The predicted molar refractivity (Wildman–Crippen MR) is 95.4 cm³/mol. The lowest BCUT2D eigenvalue weighted by Gasteiger charge is -2.10. The second-order valence-electron chi connectivity index (χ2n) is 6.07. The molecule has 0 saturated heterocycles. The molecule has 0 radical (unpaired) electrons. The Bertz CT molecular complexity index is 939. The Kier molecular flexibility index (Phi) is 4.70. The van der Waals surface area contributed by atoms with Gasteiger partial charge in [0.15, 0.2) is 0 Å². The molecular formula is C19H21N3O3. The highest BCUT2D eigenvalue weighted by Gasteiger charge is 2.24. The highest BCUT2D eigenvalue weighted by atomic mass is 16.5. The minimum absolute atomic E-state index is 0.239. The number of carbonyl (C=O) groups excluding carboxylic acids is 1. The molecule has 0 amide bonds. The second kappa shape index (κ2) is 6.93. The zero-order valence-electron chi connectivity index (χ0n) is 14.7. The summed E-state index contributed by atoms with van der Waals surface area (Å²) in [6.07, 6.45) is 5.44. The van der Waals surface area contributed by atoms with E-state index in [1.807, 2.05) is 35.8 Å². The smallest absolute Gasteiger partial charge is 0.341 e. The van der Waals surface area contributed by atoms with E-state index >= 15 is 0 Å². The largest absolute Gasteiger partial charge is 0.465 e. The maximum Gasteiger partial charge on any atom is 0.341 e. The Labute approximate surface area is 146 Å². The molecule has 0 aliphatic carbocycles. The Balaban J connectivity index is 2.22. The zero-order chi connectivity index (χ0) is 18.0. The van der Waals surface area contributed by atoms with Gasteiger partial charge in [-0.05, 0) is 31.0 Å². The molecule has 130 valence electrons. The number of rotatable bonds is 5. The Morgan fingerprint density at radius 1 is 1.28 bits per heavy atom. The molecule has 6 heteroatoms. The number of fused-ring (bicyclic) bond motifs is 1. The standard InChI is InChI=1S/C19H21N3O3/c1-4-5-9-21-11-15-17(16(12-21)19(24)25-3)20-22(18(15)23)14-8-6-7-13(2)10-14/h6-8,10-12H,4-5,9H2,1-3H3. The van der Waals surface area contributed by atoms with Crippen LogP contribution in [0.3, 0.4) is 0 Å². The first-order valence-corrected chi connectivity index (χ1v) is 8.33. The first kappa shape index (κ1) is 17.0. The molecule has 2 aliphatic heterocycles. The van der Waals surface area contributed by atoms with E-state index in [1.54, 1.807) is 12.4 Å². The van der Waals surface area contributed by atoms with E-state index in [0.29, 0.717) is 22.5 Å². The van der Waals surface area contributed by atoms with E-state index in [1.165, 1.54) is 11.8 Å². The maximum absolute atomic E-state index is 12.9. The molecule has 2 heterocycles. The average Bonchev–Trinajstić information content (AvgIpc) is 2.95. The minimum atomic E-state index is -0.496. The molecule has 0 bridgehead atoms. The molecule has 2 aliphatic rings. The van der Waals surface area contributed by atoms with Crippen molar-refractivity contribution in [2.24, 2.45) is 0 Å². The van der Waals surface area contributed by atoms with Gasteiger partial charge in [0.1, 0.15) is 11.3 Å². The Hall–Kier alpha value is -2.89. The number of benzene rings is 1. The number of unbranched alkanes of at least 4 members (excludes halogenated alkanes) is 1. The number of methoxy groups -OCH3 is 1. The molecular weight excluding hydrogens is 318 g/mol. The quantitative estimate of drug-likeness (QED) is 0.670. The Morgan fingerprint density at radius 2 is 2.08 bits per heavy atom. The maximum atomic E-state index is 12.9. The molecule has 6 nitrogen and oxygen atoms in total. The van der Waals surface area contributed by atoms with Gasteiger partial charge in [0.25, 0.3) is 5.56 Å². The lowest BCUT2D eigenvalue weighted by Crippen LogP contribution is -2.15. The summed E-state index contributed by atoms with van der Waals surface area (Å²) in [7, 11) is 1.33. The van der Waals surface area contributed by atoms with Crippen LogP contribution in [0.4, 0.5) is 0 Å². The molecule has 0 saturated carbocycles. The molecule has 0 aromatic heterocycles. The monoisotopic (exact) mass is 339 g/mol. The SMILES string of the molecule is CCCCn1cc(C(=O)OC)c2nn(-c3cccc(C)c3)c(=O)c-2c1. The summed E-state index contributed by atoms with van der Waals surface area (Å²) >= 11 is 0. The van der Waals surface area contributed by atoms with Crippen LogP contribution in [0.2, 0.25) is 0 Å². The van der Waals surface area contributed by atoms with E-state index in [4.69, 9.17) is 4.74 Å². The number of pyridine rings is 1. The van der Waals surface area contributed by atoms with E-state index in [2.05, 4.69) is 12.0 Å². The van der Waals surface area contributed by atoms with Crippen molar-refractivity contribution in [1.29, 1.82) is 0 Å². The fourth-order valence-corrected chi connectivity index (χ4v) is 2.82. The second-order valence-corrected chi connectivity index (χ2v) is 6.07. The van der Waals surface area contributed by atoms with E-state index < -0.39 is 5.97 Å². The number of hydrogen-bond acceptors (Lipinski definition) is 4. The van der Waals surface area contributed by atoms with E-state index in [0.717, 1.165) is 24.9 Å². The van der Waals surface area contributed by atoms with Gasteiger partial charge < -0.3 is 9.30 Å². The summed E-state index contributed by atoms with van der Waals surface area (Å²) in [5.74, 6) is -0.496. The summed E-state index contributed by atoms with van der Waals surface area (Å²) in [4.78, 5) is 25.0. The third kappa shape index (κ3) is 3.20. The molecule has 0 N–H and O–H groups in total. The highest BCUT2D eigenvalue weighted by Crippen LogP contribution is 2.23. The predicted octanol–water partition coefficient (Wildman–Crippen LogP) is 3.03. The van der Waals surface area contributed by atoms with E-state index in [9.17, 15) is 9.59 Å². The number of carbonyl (C=O) groups is 1. The topological polar surface area (TPSA) is 66.1 Å². The van der Waals surface area contributed by atoms with Crippen LogP contribution in [0.15, 0.2) is 41.5 Å². The van der Waals surface area contributed by atoms with Gasteiger partial charge in [-0.15, -0.1) is 0 Å². The van der Waals surface area contributed by atoms with Crippen molar-refractivity contribution in [3.63, 3.8) is 0 Å². The fraction of sp³-hybridized carbons (Fsp3) is 0.316. The fourth-order valence-electron chi connectivity index (χ4n) is 2.82. The summed E-state index contributed by atoms with van der Waals surface area (Å²) in [5, 5.41) is 4.40. The van der Waals surface area contributed by atoms with Crippen LogP contribution in [-0.4, -0.2) is 27.4 Å². The van der Waals surface area contributed by atoms with Crippen LogP contribution in [0.1, 0.15) is 35.7 Å². The molecule has 25 heavy (non-hydrogen) atoms. The molecule has 0 fully saturated rings. The third-order valence-electron chi connectivity index (χ3n) is 4.14. The lowest BCUT2D eigenvalue weighted by atomic mass is 10.1. The van der Waals surface area contributed by atoms with Gasteiger partial charge in [-0.25, -0.2) is 4.79 Å². The molecule has 1 aromatic rings. The molecule has 3 rings (SSSR count). The van der Waals surface area contributed by atoms with Crippen molar-refractivity contribution in [2.45, 2.75) is 33.2 Å². The van der Waals surface area contributed by atoms with E-state index in [-0.39, 0.29) is 5.56 Å². The molecule has 0 spiro atoms. The van der Waals surface area contributed by atoms with Gasteiger partial charge in [0.05, 0.1) is 18.4 Å². The van der Waals surface area contributed by atoms with Gasteiger partial charge >= 0.3 is 5.97 Å². The summed E-state index contributed by atoms with van der Waals surface area (Å²) in [5.41, 5.74) is 2.56. The number of esters is 1. The van der Waals surface area contributed by atoms with Gasteiger partial charge in [-0.2, -0.15) is 9.78 Å². The summed E-state index contributed by atoms with van der Waals surface area (Å²) < 4.78 is 8.08. The number of nitrogens with zero attached hydrogens (tertiary/aromatic N) is 3. The summed E-state index contributed by atoms with van der Waals surface area (Å²) in [6.45, 7) is 4.77. The van der Waals surface area contributed by atoms with Crippen LogP contribution < -0.4 is 5.56 Å². The van der Waals surface area contributed by atoms with Crippen LogP contribution >= 0.6 is 0 Å². The number of ether oxygens (including phenoxy) is 1. The summed E-state index contributed by atoms with van der Waals surface area (Å²) in [6, 6.07) is 7.54. The first-order valence-electron chi connectivity index (χ1n) is 8.33. The van der Waals surface area contributed by atoms with Crippen molar-refractivity contribution in [2.75, 3.05) is 7.11 Å². The molecule has 0 unspecified atom stereocenters. The van der Waals surface area contributed by atoms with Gasteiger partial charge in [-0.3, -0.25) is 4.79 Å². The Morgan fingerprint density at radius 3 is 2.76 bits per heavy atom. The van der Waals surface area contributed by atoms with Crippen molar-refractivity contribution in [3.8, 4) is 16.9 Å². The van der Waals surface area contributed by atoms with Gasteiger partial charge in [0.2, 0.25) is 0 Å². The first-order chi connectivity index (χ1) is 12.0. The number of aromatic nitrogens is 3. The van der Waals surface area contributed by atoms with Crippen LogP contribution in [0.5, 0.6) is 0 Å². The van der Waals surface area contributed by atoms with Crippen LogP contribution in [0.25, 0.3) is 16.9 Å². The van der Waals surface area contributed by atoms with Crippen molar-refractivity contribution in [1.82, 2.24) is 14.3 Å². The number of hydrogen-bond donors (Lipinski definition) is 0. The van der Waals surface area contributed by atoms with Crippen LogP contribution in [-0.2, 0) is 11.3 Å². The molecule has 0 atom stereocenters. The number of aryl methyl sites for hydroxylation is 2. The van der Waals surface area contributed by atoms with Gasteiger partial charge in [0, 0.05) is 18.9 Å². The van der Waals surface area contributed by atoms with Crippen LogP contribution in [0, 0.1) is 6.92 Å². The lowest BCUT2D eigenvalue weighted by molar-refractivity contribution is 0.0600.